The van der Waals surface area contributed by atoms with Crippen LogP contribution in [0.1, 0.15) is 43.5 Å². The molecule has 20 heavy (non-hydrogen) atoms. The molecule has 0 amide bonds. The minimum Gasteiger partial charge on any atom is -0.466 e. The first-order chi connectivity index (χ1) is 9.56. The van der Waals surface area contributed by atoms with Crippen molar-refractivity contribution in [2.75, 3.05) is 6.61 Å². The molecule has 1 atom stereocenters. The highest BCUT2D eigenvalue weighted by Gasteiger charge is 2.19. The summed E-state index contributed by atoms with van der Waals surface area (Å²) in [6.07, 6.45) is 1.98. The monoisotopic (exact) mass is 314 g/mol. The van der Waals surface area contributed by atoms with Crippen LogP contribution in [0.5, 0.6) is 0 Å². The predicted octanol–water partition coefficient (Wildman–Crippen LogP) is 4.34. The Morgan fingerprint density at radius 2 is 2.10 bits per heavy atom. The van der Waals surface area contributed by atoms with E-state index in [2.05, 4.69) is 0 Å². The van der Waals surface area contributed by atoms with Crippen LogP contribution in [-0.2, 0) is 9.53 Å². The van der Waals surface area contributed by atoms with Crippen LogP contribution in [-0.4, -0.2) is 22.9 Å². The van der Waals surface area contributed by atoms with Gasteiger partial charge in [0.1, 0.15) is 0 Å². The van der Waals surface area contributed by atoms with Crippen LogP contribution >= 0.6 is 23.4 Å². The van der Waals surface area contributed by atoms with Crippen LogP contribution in [0.15, 0.2) is 24.3 Å². The summed E-state index contributed by atoms with van der Waals surface area (Å²) in [5.74, 6) is -0.252. The van der Waals surface area contributed by atoms with E-state index in [-0.39, 0.29) is 22.8 Å². The Balaban J connectivity index is 2.65. The molecule has 5 heteroatoms. The van der Waals surface area contributed by atoms with E-state index < -0.39 is 0 Å². The Labute approximate surface area is 129 Å². The van der Waals surface area contributed by atoms with Crippen LogP contribution in [0.25, 0.3) is 0 Å². The lowest BCUT2D eigenvalue weighted by Gasteiger charge is -2.14. The van der Waals surface area contributed by atoms with E-state index in [9.17, 15) is 9.59 Å². The summed E-state index contributed by atoms with van der Waals surface area (Å²) in [7, 11) is 0. The Morgan fingerprint density at radius 1 is 1.35 bits per heavy atom. The number of thioether (sulfide) groups is 1. The van der Waals surface area contributed by atoms with E-state index in [0.717, 1.165) is 12.8 Å². The molecule has 0 heterocycles. The molecule has 0 aromatic heterocycles. The topological polar surface area (TPSA) is 43.4 Å². The zero-order valence-electron chi connectivity index (χ0n) is 11.7. The van der Waals surface area contributed by atoms with Gasteiger partial charge in [-0.1, -0.05) is 48.8 Å². The van der Waals surface area contributed by atoms with Crippen LogP contribution in [0, 0.1) is 0 Å². The van der Waals surface area contributed by atoms with Gasteiger partial charge in [0.05, 0.1) is 13.0 Å². The molecule has 0 bridgehead atoms. The van der Waals surface area contributed by atoms with Crippen molar-refractivity contribution in [2.45, 2.75) is 38.4 Å². The van der Waals surface area contributed by atoms with E-state index in [4.69, 9.17) is 16.3 Å². The smallest absolute Gasteiger partial charge is 0.306 e. The highest BCUT2D eigenvalue weighted by atomic mass is 35.5. The van der Waals surface area contributed by atoms with Crippen molar-refractivity contribution in [1.82, 2.24) is 0 Å². The number of benzene rings is 1. The molecule has 0 fully saturated rings. The Morgan fingerprint density at radius 3 is 2.70 bits per heavy atom. The molecule has 0 spiro atoms. The average molecular weight is 315 g/mol. The van der Waals surface area contributed by atoms with Gasteiger partial charge in [-0.05, 0) is 25.5 Å². The van der Waals surface area contributed by atoms with Crippen molar-refractivity contribution < 1.29 is 14.3 Å². The van der Waals surface area contributed by atoms with Gasteiger partial charge in [-0.3, -0.25) is 9.59 Å². The molecule has 0 aliphatic heterocycles. The van der Waals surface area contributed by atoms with Crippen molar-refractivity contribution in [3.63, 3.8) is 0 Å². The minimum atomic E-state index is -0.252. The summed E-state index contributed by atoms with van der Waals surface area (Å²) in [5.41, 5.74) is 0.562. The van der Waals surface area contributed by atoms with Crippen molar-refractivity contribution in [3.05, 3.63) is 34.9 Å². The highest BCUT2D eigenvalue weighted by molar-refractivity contribution is 8.14. The summed E-state index contributed by atoms with van der Waals surface area (Å²) in [5, 5.41) is 0.426. The summed E-state index contributed by atoms with van der Waals surface area (Å²) in [4.78, 5) is 23.7. The maximum atomic E-state index is 12.2. The molecule has 1 unspecified atom stereocenters. The van der Waals surface area contributed by atoms with E-state index in [0.29, 0.717) is 17.2 Å². The zero-order valence-corrected chi connectivity index (χ0v) is 13.3. The molecule has 0 N–H and O–H groups in total. The van der Waals surface area contributed by atoms with Crippen molar-refractivity contribution >= 4 is 34.4 Å². The Kier molecular flexibility index (Phi) is 7.70. The molecule has 0 saturated carbocycles. The van der Waals surface area contributed by atoms with Crippen LogP contribution in [0.3, 0.4) is 0 Å². The molecule has 0 aliphatic carbocycles. The highest BCUT2D eigenvalue weighted by Crippen LogP contribution is 2.25. The first kappa shape index (κ1) is 17.1. The Hall–Kier alpha value is -1.00. The maximum Gasteiger partial charge on any atom is 0.306 e. The third kappa shape index (κ3) is 5.97. The van der Waals surface area contributed by atoms with Crippen molar-refractivity contribution in [3.8, 4) is 0 Å². The minimum absolute atomic E-state index is 0.0504. The quantitative estimate of drug-likeness (QED) is 0.702. The fourth-order valence-electron chi connectivity index (χ4n) is 1.77. The van der Waals surface area contributed by atoms with Gasteiger partial charge < -0.3 is 4.74 Å². The molecule has 0 saturated heterocycles. The van der Waals surface area contributed by atoms with Gasteiger partial charge in [0.25, 0.3) is 0 Å². The fraction of sp³-hybridized carbons (Fsp3) is 0.467. The second kappa shape index (κ2) is 9.03. The molecule has 110 valence electrons. The first-order valence-corrected chi connectivity index (χ1v) is 7.94. The maximum absolute atomic E-state index is 12.2. The predicted molar refractivity (Wildman–Crippen MR) is 83.3 cm³/mol. The number of hydrogen-bond acceptors (Lipinski definition) is 4. The van der Waals surface area contributed by atoms with E-state index in [1.54, 1.807) is 31.2 Å². The number of halogens is 1. The second-order valence-electron chi connectivity index (χ2n) is 4.34. The van der Waals surface area contributed by atoms with Crippen LogP contribution in [0.4, 0.5) is 0 Å². The van der Waals surface area contributed by atoms with Crippen molar-refractivity contribution in [2.24, 2.45) is 0 Å². The number of esters is 1. The molecule has 1 rings (SSSR count). The fourth-order valence-corrected chi connectivity index (χ4v) is 3.09. The van der Waals surface area contributed by atoms with Gasteiger partial charge in [-0.25, -0.2) is 0 Å². The first-order valence-electron chi connectivity index (χ1n) is 6.69. The third-order valence-corrected chi connectivity index (χ3v) is 4.06. The zero-order chi connectivity index (χ0) is 15.0. The van der Waals surface area contributed by atoms with Gasteiger partial charge in [-0.2, -0.15) is 0 Å². The number of hydrogen-bond donors (Lipinski definition) is 0. The number of rotatable bonds is 7. The molecular formula is C15H19ClO3S. The second-order valence-corrected chi connectivity index (χ2v) is 6.05. The number of ether oxygens (including phenoxy) is 1. The largest absolute Gasteiger partial charge is 0.466 e. The van der Waals surface area contributed by atoms with Gasteiger partial charge in [0.2, 0.25) is 5.12 Å². The normalized spacial score (nSPS) is 11.9. The average Bonchev–Trinajstić information content (AvgIpc) is 2.39. The lowest BCUT2D eigenvalue weighted by molar-refractivity contribution is -0.143. The number of carbonyl (C=O) groups excluding carboxylic acids is 2. The van der Waals surface area contributed by atoms with Gasteiger partial charge in [0.15, 0.2) is 0 Å². The SMILES string of the molecule is CCCC(CC(=O)OCC)SC(=O)c1cccc(Cl)c1. The summed E-state index contributed by atoms with van der Waals surface area (Å²) in [6, 6.07) is 6.85. The molecule has 1 aromatic rings. The Bertz CT molecular complexity index is 462. The summed E-state index contributed by atoms with van der Waals surface area (Å²) < 4.78 is 4.94. The standard InChI is InChI=1S/C15H19ClO3S/c1-3-6-13(10-14(17)19-4-2)20-15(18)11-7-5-8-12(16)9-11/h5,7-9,13H,3-4,6,10H2,1-2H3. The summed E-state index contributed by atoms with van der Waals surface area (Å²) >= 11 is 7.06. The molecule has 3 nitrogen and oxygen atoms in total. The lowest BCUT2D eigenvalue weighted by Crippen LogP contribution is -2.15. The molecular weight excluding hydrogens is 296 g/mol. The molecule has 1 aromatic carbocycles. The van der Waals surface area contributed by atoms with Gasteiger partial charge in [0, 0.05) is 15.8 Å². The molecule has 0 aliphatic rings. The summed E-state index contributed by atoms with van der Waals surface area (Å²) in [6.45, 7) is 4.17. The van der Waals surface area contributed by atoms with E-state index in [1.165, 1.54) is 11.8 Å². The third-order valence-electron chi connectivity index (χ3n) is 2.64. The van der Waals surface area contributed by atoms with Crippen molar-refractivity contribution in [1.29, 1.82) is 0 Å². The number of carbonyl (C=O) groups is 2. The lowest BCUT2D eigenvalue weighted by atomic mass is 10.2. The van der Waals surface area contributed by atoms with Gasteiger partial charge >= 0.3 is 5.97 Å². The van der Waals surface area contributed by atoms with E-state index >= 15 is 0 Å². The van der Waals surface area contributed by atoms with Crippen LogP contribution < -0.4 is 0 Å². The molecule has 0 radical (unpaired) electrons. The van der Waals surface area contributed by atoms with E-state index in [1.807, 2.05) is 6.92 Å². The van der Waals surface area contributed by atoms with Gasteiger partial charge in [-0.15, -0.1) is 0 Å². The van der Waals surface area contributed by atoms with Crippen LogP contribution in [0.2, 0.25) is 5.02 Å².